The van der Waals surface area contributed by atoms with Gasteiger partial charge in [0.15, 0.2) is 5.78 Å². The zero-order valence-corrected chi connectivity index (χ0v) is 15.5. The van der Waals surface area contributed by atoms with Gasteiger partial charge in [-0.2, -0.15) is 0 Å². The predicted octanol–water partition coefficient (Wildman–Crippen LogP) is 3.18. The molecule has 0 unspecified atom stereocenters. The molecule has 0 aromatic heterocycles. The van der Waals surface area contributed by atoms with Crippen LogP contribution in [0.1, 0.15) is 28.4 Å². The number of benzene rings is 2. The second kappa shape index (κ2) is 7.97. The van der Waals surface area contributed by atoms with Crippen LogP contribution in [0.25, 0.3) is 6.08 Å². The molecule has 1 N–H and O–H groups in total. The van der Waals surface area contributed by atoms with Crippen LogP contribution in [0.15, 0.2) is 53.4 Å². The van der Waals surface area contributed by atoms with Crippen LogP contribution in [0.5, 0.6) is 0 Å². The third-order valence-electron chi connectivity index (χ3n) is 3.56. The SMILES string of the molecule is COC(=O)/C=C/c1cc(NS(=O)(=O)c2ccc(C)cc2)cc(C(C)=O)c1. The molecule has 0 amide bonds. The van der Waals surface area contributed by atoms with Gasteiger partial charge in [-0.15, -0.1) is 0 Å². The van der Waals surface area contributed by atoms with Gasteiger partial charge in [0.1, 0.15) is 0 Å². The highest BCUT2D eigenvalue weighted by Gasteiger charge is 2.15. The number of methoxy groups -OCH3 is 1. The minimum absolute atomic E-state index is 0.114. The summed E-state index contributed by atoms with van der Waals surface area (Å²) < 4.78 is 32.0. The maximum Gasteiger partial charge on any atom is 0.330 e. The molecule has 0 aliphatic rings. The molecule has 6 nitrogen and oxygen atoms in total. The fourth-order valence-electron chi connectivity index (χ4n) is 2.17. The number of Topliss-reactive ketones (excluding diaryl/α,β-unsaturated/α-hetero) is 1. The van der Waals surface area contributed by atoms with Gasteiger partial charge in [0, 0.05) is 11.6 Å². The van der Waals surface area contributed by atoms with Crippen LogP contribution in [0, 0.1) is 6.92 Å². The molecule has 0 radical (unpaired) electrons. The number of carbonyl (C=O) groups is 2. The first-order chi connectivity index (χ1) is 12.2. The van der Waals surface area contributed by atoms with Gasteiger partial charge in [0.05, 0.1) is 17.7 Å². The molecule has 2 aromatic carbocycles. The lowest BCUT2D eigenvalue weighted by molar-refractivity contribution is -0.134. The Hall–Kier alpha value is -2.93. The van der Waals surface area contributed by atoms with Gasteiger partial charge in [0.2, 0.25) is 0 Å². The average Bonchev–Trinajstić information content (AvgIpc) is 2.59. The van der Waals surface area contributed by atoms with Gasteiger partial charge < -0.3 is 4.74 Å². The average molecular weight is 373 g/mol. The van der Waals surface area contributed by atoms with E-state index in [1.54, 1.807) is 18.2 Å². The van der Waals surface area contributed by atoms with E-state index in [-0.39, 0.29) is 16.4 Å². The van der Waals surface area contributed by atoms with Gasteiger partial charge >= 0.3 is 5.97 Å². The number of ketones is 1. The van der Waals surface area contributed by atoms with Gasteiger partial charge in [-0.25, -0.2) is 13.2 Å². The number of esters is 1. The molecule has 0 fully saturated rings. The van der Waals surface area contributed by atoms with E-state index < -0.39 is 16.0 Å². The van der Waals surface area contributed by atoms with Crippen LogP contribution in [0.2, 0.25) is 0 Å². The van der Waals surface area contributed by atoms with Crippen LogP contribution >= 0.6 is 0 Å². The third kappa shape index (κ3) is 5.03. The van der Waals surface area contributed by atoms with Crippen LogP contribution in [-0.2, 0) is 19.6 Å². The molecule has 26 heavy (non-hydrogen) atoms. The second-order valence-corrected chi connectivity index (χ2v) is 7.36. The number of rotatable bonds is 6. The number of nitrogens with one attached hydrogen (secondary N) is 1. The highest BCUT2D eigenvalue weighted by molar-refractivity contribution is 7.92. The molecule has 0 bridgehead atoms. The van der Waals surface area contributed by atoms with Gasteiger partial charge in [-0.3, -0.25) is 9.52 Å². The summed E-state index contributed by atoms with van der Waals surface area (Å²) in [5.41, 5.74) is 1.98. The van der Waals surface area contributed by atoms with Crippen LogP contribution in [-0.4, -0.2) is 27.3 Å². The predicted molar refractivity (Wildman–Crippen MR) is 99.5 cm³/mol. The Morgan fingerprint density at radius 1 is 1.08 bits per heavy atom. The maximum atomic E-state index is 12.5. The van der Waals surface area contributed by atoms with Crippen molar-refractivity contribution in [1.82, 2.24) is 0 Å². The number of aryl methyl sites for hydroxylation is 1. The van der Waals surface area contributed by atoms with Crippen LogP contribution < -0.4 is 4.72 Å². The molecule has 0 saturated carbocycles. The summed E-state index contributed by atoms with van der Waals surface area (Å²) in [6.45, 7) is 3.24. The Labute approximate surface area is 152 Å². The van der Waals surface area contributed by atoms with Crippen LogP contribution in [0.3, 0.4) is 0 Å². The molecule has 2 rings (SSSR count). The summed E-state index contributed by atoms with van der Waals surface area (Å²) in [6.07, 6.45) is 2.64. The molecule has 0 heterocycles. The Kier molecular flexibility index (Phi) is 5.94. The summed E-state index contributed by atoms with van der Waals surface area (Å²) in [6, 6.07) is 10.9. The topological polar surface area (TPSA) is 89.5 Å². The van der Waals surface area contributed by atoms with E-state index in [9.17, 15) is 18.0 Å². The van der Waals surface area contributed by atoms with Crippen molar-refractivity contribution in [3.8, 4) is 0 Å². The lowest BCUT2D eigenvalue weighted by Gasteiger charge is -2.10. The largest absolute Gasteiger partial charge is 0.466 e. The van der Waals surface area contributed by atoms with E-state index in [1.165, 1.54) is 50.5 Å². The number of anilines is 1. The molecular weight excluding hydrogens is 354 g/mol. The van der Waals surface area contributed by atoms with E-state index in [0.717, 1.165) is 5.56 Å². The Morgan fingerprint density at radius 2 is 1.73 bits per heavy atom. The summed E-state index contributed by atoms with van der Waals surface area (Å²) in [5, 5.41) is 0. The van der Waals surface area contributed by atoms with Gasteiger partial charge in [-0.1, -0.05) is 17.7 Å². The Morgan fingerprint density at radius 3 is 2.31 bits per heavy atom. The van der Waals surface area contributed by atoms with Crippen molar-refractivity contribution in [3.05, 3.63) is 65.2 Å². The fraction of sp³-hybridized carbons (Fsp3) is 0.158. The number of hydrogen-bond donors (Lipinski definition) is 1. The normalized spacial score (nSPS) is 11.3. The van der Waals surface area contributed by atoms with Gasteiger partial charge in [0.25, 0.3) is 10.0 Å². The first-order valence-corrected chi connectivity index (χ1v) is 9.21. The van der Waals surface area contributed by atoms with E-state index in [0.29, 0.717) is 11.1 Å². The van der Waals surface area contributed by atoms with Crippen LogP contribution in [0.4, 0.5) is 5.69 Å². The van der Waals surface area contributed by atoms with Crippen molar-refractivity contribution >= 4 is 33.5 Å². The number of carbonyl (C=O) groups excluding carboxylic acids is 2. The lowest BCUT2D eigenvalue weighted by atomic mass is 10.1. The number of sulfonamides is 1. The van der Waals surface area contributed by atoms with Crippen molar-refractivity contribution in [1.29, 1.82) is 0 Å². The van der Waals surface area contributed by atoms with E-state index >= 15 is 0 Å². The Balaban J connectivity index is 2.40. The zero-order chi connectivity index (χ0) is 19.3. The monoisotopic (exact) mass is 373 g/mol. The minimum Gasteiger partial charge on any atom is -0.466 e. The van der Waals surface area contributed by atoms with Crippen molar-refractivity contribution in [2.24, 2.45) is 0 Å². The minimum atomic E-state index is -3.80. The third-order valence-corrected chi connectivity index (χ3v) is 4.96. The molecule has 0 aliphatic heterocycles. The summed E-state index contributed by atoms with van der Waals surface area (Å²) in [5.74, 6) is -0.783. The summed E-state index contributed by atoms with van der Waals surface area (Å²) >= 11 is 0. The molecule has 2 aromatic rings. The lowest BCUT2D eigenvalue weighted by Crippen LogP contribution is -2.13. The smallest absolute Gasteiger partial charge is 0.330 e. The maximum absolute atomic E-state index is 12.5. The van der Waals surface area contributed by atoms with Crippen molar-refractivity contribution in [2.75, 3.05) is 11.8 Å². The second-order valence-electron chi connectivity index (χ2n) is 5.67. The fourth-order valence-corrected chi connectivity index (χ4v) is 3.21. The van der Waals surface area contributed by atoms with Gasteiger partial charge in [-0.05, 0) is 55.8 Å². The molecule has 0 spiro atoms. The van der Waals surface area contributed by atoms with E-state index in [4.69, 9.17) is 0 Å². The highest BCUT2D eigenvalue weighted by Crippen LogP contribution is 2.21. The number of ether oxygens (including phenoxy) is 1. The van der Waals surface area contributed by atoms with Crippen molar-refractivity contribution in [3.63, 3.8) is 0 Å². The van der Waals surface area contributed by atoms with Crippen molar-refractivity contribution < 1.29 is 22.7 Å². The first kappa shape index (κ1) is 19.4. The molecule has 0 aliphatic carbocycles. The van der Waals surface area contributed by atoms with E-state index in [1.807, 2.05) is 6.92 Å². The Bertz CT molecular complexity index is 960. The molecule has 0 atom stereocenters. The molecule has 0 saturated heterocycles. The number of hydrogen-bond acceptors (Lipinski definition) is 5. The summed E-state index contributed by atoms with van der Waals surface area (Å²) in [7, 11) is -2.55. The summed E-state index contributed by atoms with van der Waals surface area (Å²) in [4.78, 5) is 23.1. The quantitative estimate of drug-likeness (QED) is 0.477. The zero-order valence-electron chi connectivity index (χ0n) is 14.6. The molecular formula is C19H19NO5S. The van der Waals surface area contributed by atoms with Crippen molar-refractivity contribution in [2.45, 2.75) is 18.7 Å². The van der Waals surface area contributed by atoms with E-state index in [2.05, 4.69) is 9.46 Å². The molecule has 7 heteroatoms. The highest BCUT2D eigenvalue weighted by atomic mass is 32.2. The first-order valence-electron chi connectivity index (χ1n) is 7.73. The molecule has 136 valence electrons. The standard InChI is InChI=1S/C19H19NO5S/c1-13-4-7-18(8-5-13)26(23,24)20-17-11-15(6-9-19(22)25-3)10-16(12-17)14(2)21/h4-12,20H,1-3H3/b9-6+.